The molecule has 1 heterocycles. The molecule has 0 bridgehead atoms. The van der Waals surface area contributed by atoms with Crippen molar-refractivity contribution in [3.63, 3.8) is 0 Å². The summed E-state index contributed by atoms with van der Waals surface area (Å²) >= 11 is 0. The molecule has 6 heteroatoms. The van der Waals surface area contributed by atoms with Crippen LogP contribution in [0.25, 0.3) is 10.8 Å². The normalized spacial score (nSPS) is 13.8. The SMILES string of the molecule is CCNN1C(=O)c2cccc3c(OCCN(CC)CC)ccc(c23)C1=O. The second kappa shape index (κ2) is 7.85. The molecule has 6 nitrogen and oxygen atoms in total. The largest absolute Gasteiger partial charge is 0.492 e. The van der Waals surface area contributed by atoms with Crippen LogP contribution in [0, 0.1) is 0 Å². The number of ether oxygens (including phenoxy) is 1. The van der Waals surface area contributed by atoms with Crippen molar-refractivity contribution >= 4 is 22.6 Å². The minimum atomic E-state index is -0.324. The van der Waals surface area contributed by atoms with E-state index in [0.29, 0.717) is 35.4 Å². The number of hydrogen-bond donors (Lipinski definition) is 1. The molecule has 138 valence electrons. The Morgan fingerprint density at radius 3 is 2.35 bits per heavy atom. The number of carbonyl (C=O) groups is 2. The second-order valence-electron chi connectivity index (χ2n) is 6.17. The quantitative estimate of drug-likeness (QED) is 0.738. The number of amides is 2. The van der Waals surface area contributed by atoms with Crippen LogP contribution in [0.15, 0.2) is 30.3 Å². The standard InChI is InChI=1S/C20H25N3O3/c1-4-21-23-19(24)15-9-7-8-14-17(26-13-12-22(5-2)6-3)11-10-16(18(14)15)20(23)25/h7-11,21H,4-6,12-13H2,1-3H3. The highest BCUT2D eigenvalue weighted by molar-refractivity contribution is 6.25. The van der Waals surface area contributed by atoms with E-state index in [1.807, 2.05) is 25.1 Å². The van der Waals surface area contributed by atoms with E-state index in [9.17, 15) is 9.59 Å². The number of likely N-dealkylation sites (N-methyl/N-ethyl adjacent to an activating group) is 1. The van der Waals surface area contributed by atoms with Crippen LogP contribution in [0.5, 0.6) is 5.75 Å². The molecule has 3 rings (SSSR count). The Hall–Kier alpha value is -2.44. The van der Waals surface area contributed by atoms with Gasteiger partial charge >= 0.3 is 0 Å². The molecule has 0 aromatic heterocycles. The van der Waals surface area contributed by atoms with Gasteiger partial charge in [0.25, 0.3) is 11.8 Å². The lowest BCUT2D eigenvalue weighted by Crippen LogP contribution is -2.49. The number of hydrazine groups is 1. The summed E-state index contributed by atoms with van der Waals surface area (Å²) in [5, 5.41) is 2.58. The molecule has 0 fully saturated rings. The molecular formula is C20H25N3O3. The van der Waals surface area contributed by atoms with Crippen LogP contribution < -0.4 is 10.2 Å². The highest BCUT2D eigenvalue weighted by Crippen LogP contribution is 2.35. The van der Waals surface area contributed by atoms with Crippen LogP contribution in [-0.4, -0.2) is 54.5 Å². The summed E-state index contributed by atoms with van der Waals surface area (Å²) < 4.78 is 5.98. The molecule has 2 aromatic rings. The average Bonchev–Trinajstić information content (AvgIpc) is 2.67. The fraction of sp³-hybridized carbons (Fsp3) is 0.400. The van der Waals surface area contributed by atoms with Crippen molar-refractivity contribution in [1.82, 2.24) is 15.3 Å². The molecule has 1 N–H and O–H groups in total. The third-order valence-electron chi connectivity index (χ3n) is 4.74. The zero-order valence-electron chi connectivity index (χ0n) is 15.5. The Kier molecular flexibility index (Phi) is 5.54. The van der Waals surface area contributed by atoms with Crippen molar-refractivity contribution < 1.29 is 14.3 Å². The predicted molar refractivity (Wildman–Crippen MR) is 101 cm³/mol. The Morgan fingerprint density at radius 2 is 1.69 bits per heavy atom. The highest BCUT2D eigenvalue weighted by atomic mass is 16.5. The first-order valence-electron chi connectivity index (χ1n) is 9.15. The second-order valence-corrected chi connectivity index (χ2v) is 6.17. The summed E-state index contributed by atoms with van der Waals surface area (Å²) in [6, 6.07) is 9.05. The molecular weight excluding hydrogens is 330 g/mol. The fourth-order valence-electron chi connectivity index (χ4n) is 3.32. The number of hydrogen-bond acceptors (Lipinski definition) is 5. The third-order valence-corrected chi connectivity index (χ3v) is 4.74. The zero-order chi connectivity index (χ0) is 18.7. The molecule has 0 atom stereocenters. The summed E-state index contributed by atoms with van der Waals surface area (Å²) in [6.45, 7) is 9.95. The molecule has 1 aliphatic rings. The van der Waals surface area contributed by atoms with Crippen LogP contribution in [0.2, 0.25) is 0 Å². The van der Waals surface area contributed by atoms with Gasteiger partial charge in [-0.25, -0.2) is 10.4 Å². The van der Waals surface area contributed by atoms with E-state index in [0.717, 1.165) is 30.0 Å². The summed E-state index contributed by atoms with van der Waals surface area (Å²) in [6.07, 6.45) is 0. The van der Waals surface area contributed by atoms with E-state index < -0.39 is 0 Å². The summed E-state index contributed by atoms with van der Waals surface area (Å²) in [5.41, 5.74) is 3.88. The van der Waals surface area contributed by atoms with Crippen molar-refractivity contribution in [3.05, 3.63) is 41.5 Å². The lowest BCUT2D eigenvalue weighted by molar-refractivity contribution is 0.0525. The van der Waals surface area contributed by atoms with Crippen LogP contribution in [0.4, 0.5) is 0 Å². The molecule has 0 radical (unpaired) electrons. The van der Waals surface area contributed by atoms with E-state index in [1.165, 1.54) is 0 Å². The maximum absolute atomic E-state index is 12.7. The number of carbonyl (C=O) groups excluding carboxylic acids is 2. The lowest BCUT2D eigenvalue weighted by atomic mass is 9.94. The maximum atomic E-state index is 12.7. The molecule has 0 saturated heterocycles. The van der Waals surface area contributed by atoms with Gasteiger partial charge < -0.3 is 9.64 Å². The molecule has 1 aliphatic heterocycles. The van der Waals surface area contributed by atoms with Crippen molar-refractivity contribution in [1.29, 1.82) is 0 Å². The smallest absolute Gasteiger partial charge is 0.275 e. The molecule has 2 amide bonds. The van der Waals surface area contributed by atoms with Crippen LogP contribution in [-0.2, 0) is 0 Å². The Balaban J connectivity index is 1.95. The van der Waals surface area contributed by atoms with E-state index in [1.54, 1.807) is 12.1 Å². The number of nitrogens with one attached hydrogen (secondary N) is 1. The topological polar surface area (TPSA) is 61.9 Å². The summed E-state index contributed by atoms with van der Waals surface area (Å²) in [4.78, 5) is 27.7. The Labute approximate surface area is 153 Å². The predicted octanol–water partition coefficient (Wildman–Crippen LogP) is 2.68. The van der Waals surface area contributed by atoms with Gasteiger partial charge in [-0.1, -0.05) is 32.9 Å². The molecule has 0 unspecified atom stereocenters. The first-order valence-corrected chi connectivity index (χ1v) is 9.15. The monoisotopic (exact) mass is 355 g/mol. The molecule has 0 aliphatic carbocycles. The van der Waals surface area contributed by atoms with Crippen LogP contribution >= 0.6 is 0 Å². The number of nitrogens with zero attached hydrogens (tertiary/aromatic N) is 2. The highest BCUT2D eigenvalue weighted by Gasteiger charge is 2.33. The van der Waals surface area contributed by atoms with E-state index in [2.05, 4.69) is 24.2 Å². The van der Waals surface area contributed by atoms with Crippen molar-refractivity contribution in [2.24, 2.45) is 0 Å². The van der Waals surface area contributed by atoms with E-state index in [4.69, 9.17) is 4.74 Å². The van der Waals surface area contributed by atoms with Gasteiger partial charge in [-0.3, -0.25) is 9.59 Å². The van der Waals surface area contributed by atoms with Gasteiger partial charge in [0.1, 0.15) is 12.4 Å². The van der Waals surface area contributed by atoms with Gasteiger partial charge in [0.15, 0.2) is 0 Å². The van der Waals surface area contributed by atoms with E-state index >= 15 is 0 Å². The molecule has 26 heavy (non-hydrogen) atoms. The minimum Gasteiger partial charge on any atom is -0.492 e. The molecule has 2 aromatic carbocycles. The van der Waals surface area contributed by atoms with E-state index in [-0.39, 0.29) is 11.8 Å². The fourth-order valence-corrected chi connectivity index (χ4v) is 3.32. The Bertz CT molecular complexity index is 808. The average molecular weight is 355 g/mol. The maximum Gasteiger partial charge on any atom is 0.275 e. The van der Waals surface area contributed by atoms with Gasteiger partial charge in [-0.05, 0) is 31.3 Å². The molecule has 0 spiro atoms. The van der Waals surface area contributed by atoms with Gasteiger partial charge in [0, 0.05) is 23.9 Å². The van der Waals surface area contributed by atoms with Gasteiger partial charge in [-0.15, -0.1) is 0 Å². The summed E-state index contributed by atoms with van der Waals surface area (Å²) in [5.74, 6) is 0.0562. The summed E-state index contributed by atoms with van der Waals surface area (Å²) in [7, 11) is 0. The molecule has 0 saturated carbocycles. The Morgan fingerprint density at radius 1 is 1.00 bits per heavy atom. The van der Waals surface area contributed by atoms with Crippen molar-refractivity contribution in [2.45, 2.75) is 20.8 Å². The van der Waals surface area contributed by atoms with Crippen LogP contribution in [0.1, 0.15) is 41.5 Å². The number of benzene rings is 2. The van der Waals surface area contributed by atoms with Crippen molar-refractivity contribution in [2.75, 3.05) is 32.8 Å². The van der Waals surface area contributed by atoms with Gasteiger partial charge in [0.2, 0.25) is 0 Å². The first kappa shape index (κ1) is 18.4. The van der Waals surface area contributed by atoms with Gasteiger partial charge in [0.05, 0.1) is 11.1 Å². The van der Waals surface area contributed by atoms with Crippen molar-refractivity contribution in [3.8, 4) is 5.75 Å². The van der Waals surface area contributed by atoms with Gasteiger partial charge in [-0.2, -0.15) is 0 Å². The van der Waals surface area contributed by atoms with Crippen LogP contribution in [0.3, 0.4) is 0 Å². The third kappa shape index (κ3) is 3.18. The number of rotatable bonds is 8. The number of imide groups is 1. The lowest BCUT2D eigenvalue weighted by Gasteiger charge is -2.27. The first-order chi connectivity index (χ1) is 12.6. The zero-order valence-corrected chi connectivity index (χ0v) is 15.5. The minimum absolute atomic E-state index is 0.324.